The minimum atomic E-state index is -0.194. The van der Waals surface area contributed by atoms with Crippen molar-refractivity contribution in [3.63, 3.8) is 0 Å². The third-order valence-electron chi connectivity index (χ3n) is 5.22. The number of ether oxygens (including phenoxy) is 1. The normalized spacial score (nSPS) is 11.1. The van der Waals surface area contributed by atoms with Gasteiger partial charge in [-0.25, -0.2) is 4.98 Å². The minimum absolute atomic E-state index is 0.194. The van der Waals surface area contributed by atoms with E-state index in [-0.39, 0.29) is 5.91 Å². The highest BCUT2D eigenvalue weighted by atomic mass is 16.5. The van der Waals surface area contributed by atoms with Crippen LogP contribution in [0.1, 0.15) is 48.2 Å². The number of aryl methyl sites for hydroxylation is 1. The SMILES string of the molecule is CCOc1cccc(C(=O)Nc2cc(-c3nc4cc(C(C)C)ccc4o3)ccc2C)c1. The largest absolute Gasteiger partial charge is 0.494 e. The van der Waals surface area contributed by atoms with Gasteiger partial charge in [0, 0.05) is 16.8 Å². The van der Waals surface area contributed by atoms with Crippen LogP contribution in [0.3, 0.4) is 0 Å². The number of hydrogen-bond acceptors (Lipinski definition) is 4. The molecule has 0 spiro atoms. The van der Waals surface area contributed by atoms with Crippen molar-refractivity contribution in [3.05, 3.63) is 77.4 Å². The summed E-state index contributed by atoms with van der Waals surface area (Å²) in [6.45, 7) is 8.73. The standard InChI is InChI=1S/C26H26N2O3/c1-5-30-21-8-6-7-19(13-21)25(29)27-22-15-20(10-9-17(22)4)26-28-23-14-18(16(2)3)11-12-24(23)31-26/h6-16H,5H2,1-4H3,(H,27,29). The maximum Gasteiger partial charge on any atom is 0.255 e. The van der Waals surface area contributed by atoms with Gasteiger partial charge in [-0.3, -0.25) is 4.79 Å². The number of fused-ring (bicyclic) bond motifs is 1. The molecule has 4 aromatic rings. The molecule has 0 atom stereocenters. The molecule has 0 aliphatic rings. The zero-order valence-electron chi connectivity index (χ0n) is 18.2. The molecule has 158 valence electrons. The Balaban J connectivity index is 1.62. The van der Waals surface area contributed by atoms with Gasteiger partial charge in [0.15, 0.2) is 5.58 Å². The molecule has 5 nitrogen and oxygen atoms in total. The highest BCUT2D eigenvalue weighted by Gasteiger charge is 2.14. The number of oxazole rings is 1. The summed E-state index contributed by atoms with van der Waals surface area (Å²) in [5.74, 6) is 1.44. The maximum atomic E-state index is 12.8. The molecule has 31 heavy (non-hydrogen) atoms. The van der Waals surface area contributed by atoms with Crippen LogP contribution in [0.15, 0.2) is 65.1 Å². The van der Waals surface area contributed by atoms with Crippen molar-refractivity contribution < 1.29 is 13.9 Å². The first-order valence-electron chi connectivity index (χ1n) is 10.5. The molecule has 0 saturated heterocycles. The first kappa shape index (κ1) is 20.7. The molecule has 0 fully saturated rings. The minimum Gasteiger partial charge on any atom is -0.494 e. The fraction of sp³-hybridized carbons (Fsp3) is 0.231. The topological polar surface area (TPSA) is 64.4 Å². The first-order chi connectivity index (χ1) is 14.9. The van der Waals surface area contributed by atoms with Crippen molar-refractivity contribution >= 4 is 22.7 Å². The van der Waals surface area contributed by atoms with Gasteiger partial charge in [0.05, 0.1) is 6.61 Å². The Kier molecular flexibility index (Phi) is 5.76. The number of carbonyl (C=O) groups is 1. The molecular weight excluding hydrogens is 388 g/mol. The van der Waals surface area contributed by atoms with Crippen molar-refractivity contribution in [3.8, 4) is 17.2 Å². The number of aromatic nitrogens is 1. The number of nitrogens with one attached hydrogen (secondary N) is 1. The zero-order valence-corrected chi connectivity index (χ0v) is 18.2. The van der Waals surface area contributed by atoms with Crippen molar-refractivity contribution in [2.45, 2.75) is 33.6 Å². The van der Waals surface area contributed by atoms with Crippen molar-refractivity contribution in [1.82, 2.24) is 4.98 Å². The lowest BCUT2D eigenvalue weighted by Crippen LogP contribution is -2.13. The van der Waals surface area contributed by atoms with Crippen molar-refractivity contribution in [2.75, 3.05) is 11.9 Å². The highest BCUT2D eigenvalue weighted by molar-refractivity contribution is 6.05. The second-order valence-corrected chi connectivity index (χ2v) is 7.85. The molecule has 5 heteroatoms. The van der Waals surface area contributed by atoms with Gasteiger partial charge in [-0.2, -0.15) is 0 Å². The molecule has 3 aromatic carbocycles. The summed E-state index contributed by atoms with van der Waals surface area (Å²) in [7, 11) is 0. The number of benzene rings is 3. The molecule has 1 heterocycles. The molecule has 0 radical (unpaired) electrons. The second kappa shape index (κ2) is 8.64. The van der Waals surface area contributed by atoms with Crippen molar-refractivity contribution in [1.29, 1.82) is 0 Å². The van der Waals surface area contributed by atoms with E-state index >= 15 is 0 Å². The fourth-order valence-corrected chi connectivity index (χ4v) is 3.41. The van der Waals surface area contributed by atoms with Gasteiger partial charge in [0.2, 0.25) is 5.89 Å². The Hall–Kier alpha value is -3.60. The zero-order chi connectivity index (χ0) is 22.0. The summed E-state index contributed by atoms with van der Waals surface area (Å²) in [6.07, 6.45) is 0. The average molecular weight is 415 g/mol. The van der Waals surface area contributed by atoms with Crippen LogP contribution in [0, 0.1) is 6.92 Å². The quantitative estimate of drug-likeness (QED) is 0.387. The predicted octanol–water partition coefficient (Wildman–Crippen LogP) is 6.58. The lowest BCUT2D eigenvalue weighted by molar-refractivity contribution is 0.102. The van der Waals surface area contributed by atoms with Crippen LogP contribution in [0.5, 0.6) is 5.75 Å². The summed E-state index contributed by atoms with van der Waals surface area (Å²) in [5.41, 5.74) is 5.83. The second-order valence-electron chi connectivity index (χ2n) is 7.85. The highest BCUT2D eigenvalue weighted by Crippen LogP contribution is 2.30. The number of carbonyl (C=O) groups excluding carboxylic acids is 1. The van der Waals surface area contributed by atoms with Gasteiger partial charge >= 0.3 is 0 Å². The third-order valence-corrected chi connectivity index (χ3v) is 5.22. The van der Waals surface area contributed by atoms with Crippen LogP contribution in [-0.4, -0.2) is 17.5 Å². The Bertz CT molecular complexity index is 1240. The Morgan fingerprint density at radius 2 is 1.94 bits per heavy atom. The van der Waals surface area contributed by atoms with E-state index in [9.17, 15) is 4.79 Å². The van der Waals surface area contributed by atoms with Gasteiger partial charge in [0.1, 0.15) is 11.3 Å². The van der Waals surface area contributed by atoms with E-state index in [1.807, 2.05) is 50.2 Å². The van der Waals surface area contributed by atoms with Crippen LogP contribution in [0.2, 0.25) is 0 Å². The lowest BCUT2D eigenvalue weighted by atomic mass is 10.0. The molecule has 0 unspecified atom stereocenters. The van der Waals surface area contributed by atoms with Crippen LogP contribution >= 0.6 is 0 Å². The van der Waals surface area contributed by atoms with E-state index in [0.29, 0.717) is 29.7 Å². The summed E-state index contributed by atoms with van der Waals surface area (Å²) in [6, 6.07) is 19.1. The van der Waals surface area contributed by atoms with Crippen LogP contribution < -0.4 is 10.1 Å². The summed E-state index contributed by atoms with van der Waals surface area (Å²) in [4.78, 5) is 17.5. The van der Waals surface area contributed by atoms with E-state index in [4.69, 9.17) is 9.15 Å². The fourth-order valence-electron chi connectivity index (χ4n) is 3.41. The van der Waals surface area contributed by atoms with Gasteiger partial charge in [-0.05, 0) is 73.4 Å². The predicted molar refractivity (Wildman–Crippen MR) is 124 cm³/mol. The van der Waals surface area contributed by atoms with E-state index < -0.39 is 0 Å². The van der Waals surface area contributed by atoms with Crippen molar-refractivity contribution in [2.24, 2.45) is 0 Å². The molecule has 0 bridgehead atoms. The Labute approximate surface area is 182 Å². The Morgan fingerprint density at radius 1 is 1.10 bits per heavy atom. The summed E-state index contributed by atoms with van der Waals surface area (Å²) < 4.78 is 11.5. The molecule has 0 aliphatic carbocycles. The van der Waals surface area contributed by atoms with Gasteiger partial charge in [0.25, 0.3) is 5.91 Å². The van der Waals surface area contributed by atoms with Crippen LogP contribution in [0.4, 0.5) is 5.69 Å². The smallest absolute Gasteiger partial charge is 0.255 e. The molecule has 1 aromatic heterocycles. The maximum absolute atomic E-state index is 12.8. The molecule has 0 saturated carbocycles. The van der Waals surface area contributed by atoms with Gasteiger partial charge in [-0.1, -0.05) is 32.0 Å². The van der Waals surface area contributed by atoms with E-state index in [1.54, 1.807) is 12.1 Å². The summed E-state index contributed by atoms with van der Waals surface area (Å²) >= 11 is 0. The molecular formula is C26H26N2O3. The number of anilines is 1. The monoisotopic (exact) mass is 414 g/mol. The molecule has 4 rings (SSSR count). The number of rotatable bonds is 6. The Morgan fingerprint density at radius 3 is 2.71 bits per heavy atom. The van der Waals surface area contributed by atoms with E-state index in [1.165, 1.54) is 5.56 Å². The number of nitrogens with zero attached hydrogens (tertiary/aromatic N) is 1. The molecule has 0 aliphatic heterocycles. The molecule has 1 amide bonds. The lowest BCUT2D eigenvalue weighted by Gasteiger charge is -2.11. The molecule has 1 N–H and O–H groups in total. The van der Waals surface area contributed by atoms with E-state index in [0.717, 1.165) is 27.9 Å². The van der Waals surface area contributed by atoms with Crippen LogP contribution in [0.25, 0.3) is 22.6 Å². The van der Waals surface area contributed by atoms with Gasteiger partial charge in [-0.15, -0.1) is 0 Å². The average Bonchev–Trinajstić information content (AvgIpc) is 3.19. The number of amides is 1. The van der Waals surface area contributed by atoms with Gasteiger partial charge < -0.3 is 14.5 Å². The van der Waals surface area contributed by atoms with E-state index in [2.05, 4.69) is 36.3 Å². The summed E-state index contributed by atoms with van der Waals surface area (Å²) in [5, 5.41) is 3.00. The van der Waals surface area contributed by atoms with Crippen LogP contribution in [-0.2, 0) is 0 Å². The number of hydrogen-bond donors (Lipinski definition) is 1. The first-order valence-corrected chi connectivity index (χ1v) is 10.5. The third kappa shape index (κ3) is 4.45.